The smallest absolute Gasteiger partial charge is 0.227 e. The predicted octanol–water partition coefficient (Wildman–Crippen LogP) is -1.08. The highest BCUT2D eigenvalue weighted by atomic mass is 16.6. The molecule has 3 heterocycles. The van der Waals surface area contributed by atoms with Crippen molar-refractivity contribution in [3.05, 3.63) is 18.1 Å². The van der Waals surface area contributed by atoms with Crippen LogP contribution in [0.3, 0.4) is 0 Å². The van der Waals surface area contributed by atoms with Crippen LogP contribution in [0, 0.1) is 11.3 Å². The summed E-state index contributed by atoms with van der Waals surface area (Å²) in [5.74, 6) is 0.229. The van der Waals surface area contributed by atoms with Crippen molar-refractivity contribution in [2.45, 2.75) is 24.5 Å². The minimum Gasteiger partial charge on any atom is -0.480 e. The summed E-state index contributed by atoms with van der Waals surface area (Å²) in [6, 6.07) is 2.01. The number of hydrogen-bond donors (Lipinski definition) is 3. The Morgan fingerprint density at radius 1 is 1.41 bits per heavy atom. The molecule has 1 aliphatic heterocycles. The molecule has 1 saturated heterocycles. The number of aliphatic hydroxyl groups excluding tert-OH is 3. The third kappa shape index (κ3) is 2.01. The van der Waals surface area contributed by atoms with Gasteiger partial charge in [-0.2, -0.15) is 5.26 Å². The van der Waals surface area contributed by atoms with Crippen molar-refractivity contribution in [3.63, 3.8) is 0 Å². The Balaban J connectivity index is 2.15. The van der Waals surface area contributed by atoms with Gasteiger partial charge in [0.05, 0.1) is 24.7 Å². The number of nitriles is 1. The fourth-order valence-corrected chi connectivity index (χ4v) is 2.60. The molecule has 0 spiro atoms. The van der Waals surface area contributed by atoms with Gasteiger partial charge in [-0.15, -0.1) is 0 Å². The second kappa shape index (κ2) is 5.51. The van der Waals surface area contributed by atoms with E-state index in [9.17, 15) is 15.5 Å². The Kier molecular flexibility index (Phi) is 3.67. The molecular weight excluding hydrogens is 292 g/mol. The van der Waals surface area contributed by atoms with Crippen LogP contribution in [-0.2, 0) is 4.74 Å². The number of fused-ring (bicyclic) bond motifs is 1. The van der Waals surface area contributed by atoms with E-state index >= 15 is 0 Å². The Hall–Kier alpha value is -2.25. The SMILES string of the molecule is COc1ncnc2c1c(C#N)cn2C1OC(CO)C(O)C1O. The monoisotopic (exact) mass is 306 g/mol. The van der Waals surface area contributed by atoms with E-state index in [1.165, 1.54) is 24.2 Å². The lowest BCUT2D eigenvalue weighted by molar-refractivity contribution is -0.0508. The molecule has 0 aromatic carbocycles. The van der Waals surface area contributed by atoms with Gasteiger partial charge in [0.1, 0.15) is 30.7 Å². The van der Waals surface area contributed by atoms with Gasteiger partial charge in [0.25, 0.3) is 0 Å². The third-order valence-electron chi connectivity index (χ3n) is 3.68. The zero-order valence-electron chi connectivity index (χ0n) is 11.6. The van der Waals surface area contributed by atoms with Crippen LogP contribution < -0.4 is 4.74 Å². The molecule has 1 aliphatic rings. The molecule has 0 radical (unpaired) electrons. The molecule has 0 amide bonds. The minimum atomic E-state index is -1.26. The predicted molar refractivity (Wildman–Crippen MR) is 71.8 cm³/mol. The molecule has 22 heavy (non-hydrogen) atoms. The lowest BCUT2D eigenvalue weighted by Gasteiger charge is -2.17. The van der Waals surface area contributed by atoms with Crippen molar-refractivity contribution in [2.24, 2.45) is 0 Å². The molecule has 2 aromatic heterocycles. The van der Waals surface area contributed by atoms with Crippen molar-refractivity contribution < 1.29 is 24.8 Å². The molecule has 0 bridgehead atoms. The van der Waals surface area contributed by atoms with Crippen molar-refractivity contribution >= 4 is 11.0 Å². The molecule has 3 rings (SSSR count). The lowest BCUT2D eigenvalue weighted by Crippen LogP contribution is -2.33. The second-order valence-corrected chi connectivity index (χ2v) is 4.87. The van der Waals surface area contributed by atoms with Crippen LogP contribution in [0.15, 0.2) is 12.5 Å². The summed E-state index contributed by atoms with van der Waals surface area (Å²) >= 11 is 0. The zero-order chi connectivity index (χ0) is 15.9. The van der Waals surface area contributed by atoms with Crippen LogP contribution in [0.5, 0.6) is 5.88 Å². The van der Waals surface area contributed by atoms with Gasteiger partial charge in [0.15, 0.2) is 11.9 Å². The first-order chi connectivity index (χ1) is 10.6. The van der Waals surface area contributed by atoms with E-state index in [1.54, 1.807) is 0 Å². The Morgan fingerprint density at radius 2 is 2.18 bits per heavy atom. The summed E-state index contributed by atoms with van der Waals surface area (Å²) in [7, 11) is 1.42. The first-order valence-electron chi connectivity index (χ1n) is 6.54. The highest BCUT2D eigenvalue weighted by Crippen LogP contribution is 2.35. The number of hydrogen-bond acceptors (Lipinski definition) is 8. The molecule has 2 aromatic rings. The maximum atomic E-state index is 10.1. The number of ether oxygens (including phenoxy) is 2. The van der Waals surface area contributed by atoms with E-state index in [4.69, 9.17) is 14.6 Å². The number of methoxy groups -OCH3 is 1. The van der Waals surface area contributed by atoms with Gasteiger partial charge in [-0.25, -0.2) is 9.97 Å². The fourth-order valence-electron chi connectivity index (χ4n) is 2.60. The van der Waals surface area contributed by atoms with Crippen LogP contribution in [0.2, 0.25) is 0 Å². The highest BCUT2D eigenvalue weighted by molar-refractivity contribution is 5.87. The molecule has 116 valence electrons. The van der Waals surface area contributed by atoms with Crippen LogP contribution in [0.25, 0.3) is 11.0 Å². The number of nitrogens with zero attached hydrogens (tertiary/aromatic N) is 4. The van der Waals surface area contributed by atoms with Crippen molar-refractivity contribution in [2.75, 3.05) is 13.7 Å². The Bertz CT molecular complexity index is 740. The number of rotatable bonds is 3. The van der Waals surface area contributed by atoms with Crippen molar-refractivity contribution in [1.82, 2.24) is 14.5 Å². The van der Waals surface area contributed by atoms with E-state index in [1.807, 2.05) is 6.07 Å². The normalized spacial score (nSPS) is 28.0. The van der Waals surface area contributed by atoms with Crippen LogP contribution in [0.4, 0.5) is 0 Å². The fraction of sp³-hybridized carbons (Fsp3) is 0.462. The van der Waals surface area contributed by atoms with Gasteiger partial charge in [-0.1, -0.05) is 0 Å². The van der Waals surface area contributed by atoms with E-state index < -0.39 is 31.1 Å². The Morgan fingerprint density at radius 3 is 2.77 bits per heavy atom. The summed E-state index contributed by atoms with van der Waals surface area (Å²) in [6.45, 7) is -0.433. The van der Waals surface area contributed by atoms with Crippen LogP contribution >= 0.6 is 0 Å². The summed E-state index contributed by atoms with van der Waals surface area (Å²) in [5.41, 5.74) is 0.587. The molecule has 9 nitrogen and oxygen atoms in total. The maximum Gasteiger partial charge on any atom is 0.227 e. The Labute approximate surface area is 125 Å². The summed E-state index contributed by atoms with van der Waals surface area (Å²) in [5, 5.41) is 38.8. The first kappa shape index (κ1) is 14.7. The number of aromatic nitrogens is 3. The van der Waals surface area contributed by atoms with E-state index in [0.717, 1.165) is 0 Å². The van der Waals surface area contributed by atoms with Gasteiger partial charge in [0, 0.05) is 6.20 Å². The zero-order valence-corrected chi connectivity index (χ0v) is 11.6. The summed E-state index contributed by atoms with van der Waals surface area (Å²) in [4.78, 5) is 8.05. The standard InChI is InChI=1S/C13H14N4O5/c1-21-12-8-6(2-14)3-17(11(8)15-5-16-12)13-10(20)9(19)7(4-18)22-13/h3,5,7,9-10,13,18-20H,4H2,1H3. The van der Waals surface area contributed by atoms with Crippen LogP contribution in [0.1, 0.15) is 11.8 Å². The number of aliphatic hydroxyl groups is 3. The molecule has 4 unspecified atom stereocenters. The third-order valence-corrected chi connectivity index (χ3v) is 3.68. The quantitative estimate of drug-likeness (QED) is 0.652. The minimum absolute atomic E-state index is 0.229. The summed E-state index contributed by atoms with van der Waals surface area (Å²) in [6.07, 6.45) is -1.67. The van der Waals surface area contributed by atoms with Crippen molar-refractivity contribution in [3.8, 4) is 11.9 Å². The second-order valence-electron chi connectivity index (χ2n) is 4.87. The molecule has 0 saturated carbocycles. The molecule has 3 N–H and O–H groups in total. The average Bonchev–Trinajstić information content (AvgIpc) is 3.06. The molecule has 9 heteroatoms. The van der Waals surface area contributed by atoms with E-state index in [-0.39, 0.29) is 11.4 Å². The average molecular weight is 306 g/mol. The van der Waals surface area contributed by atoms with Gasteiger partial charge in [0.2, 0.25) is 5.88 Å². The van der Waals surface area contributed by atoms with Gasteiger partial charge in [-0.3, -0.25) is 0 Å². The van der Waals surface area contributed by atoms with E-state index in [0.29, 0.717) is 11.0 Å². The topological polar surface area (TPSA) is 134 Å². The van der Waals surface area contributed by atoms with Crippen LogP contribution in [-0.4, -0.2) is 61.9 Å². The highest BCUT2D eigenvalue weighted by Gasteiger charge is 2.44. The lowest BCUT2D eigenvalue weighted by atomic mass is 10.1. The van der Waals surface area contributed by atoms with Gasteiger partial charge < -0.3 is 29.4 Å². The molecule has 0 aliphatic carbocycles. The van der Waals surface area contributed by atoms with Gasteiger partial charge >= 0.3 is 0 Å². The molecule has 4 atom stereocenters. The maximum absolute atomic E-state index is 10.1. The van der Waals surface area contributed by atoms with E-state index in [2.05, 4.69) is 9.97 Å². The molecule has 1 fully saturated rings. The van der Waals surface area contributed by atoms with Gasteiger partial charge in [-0.05, 0) is 0 Å². The van der Waals surface area contributed by atoms with Crippen molar-refractivity contribution in [1.29, 1.82) is 5.26 Å². The summed E-state index contributed by atoms with van der Waals surface area (Å²) < 4.78 is 12.0. The largest absolute Gasteiger partial charge is 0.480 e. The molecular formula is C13H14N4O5. The first-order valence-corrected chi connectivity index (χ1v) is 6.54.